The van der Waals surface area contributed by atoms with Crippen molar-refractivity contribution in [2.24, 2.45) is 4.99 Å². The van der Waals surface area contributed by atoms with E-state index >= 15 is 0 Å². The van der Waals surface area contributed by atoms with E-state index in [1.165, 1.54) is 70.6 Å². The number of aliphatic hydroxyl groups is 1. The van der Waals surface area contributed by atoms with E-state index in [4.69, 9.17) is 0 Å². The van der Waals surface area contributed by atoms with Crippen molar-refractivity contribution >= 4 is 12.1 Å². The monoisotopic (exact) mass is 378 g/mol. The number of ketones is 1. The molecule has 0 saturated carbocycles. The van der Waals surface area contributed by atoms with Crippen LogP contribution in [0.3, 0.4) is 0 Å². The SMILES string of the molecule is CCCCCCCCC=CCCCCCCCC(=O)C(C)(O)N1C=NCC1. The Labute approximate surface area is 167 Å². The molecule has 1 aliphatic heterocycles. The van der Waals surface area contributed by atoms with Gasteiger partial charge in [0.15, 0.2) is 11.5 Å². The molecule has 0 bridgehead atoms. The Kier molecular flexibility index (Phi) is 13.1. The fraction of sp³-hybridized carbons (Fsp3) is 0.826. The minimum absolute atomic E-state index is 0.0894. The van der Waals surface area contributed by atoms with Crippen molar-refractivity contribution in [3.63, 3.8) is 0 Å². The van der Waals surface area contributed by atoms with Crippen molar-refractivity contribution in [3.05, 3.63) is 12.2 Å². The van der Waals surface area contributed by atoms with E-state index in [1.54, 1.807) is 18.2 Å². The summed E-state index contributed by atoms with van der Waals surface area (Å²) in [6.07, 6.45) is 22.9. The molecule has 0 aromatic rings. The molecule has 1 unspecified atom stereocenters. The number of rotatable bonds is 17. The summed E-state index contributed by atoms with van der Waals surface area (Å²) in [5, 5.41) is 10.4. The summed E-state index contributed by atoms with van der Waals surface area (Å²) in [6, 6.07) is 0. The number of Topliss-reactive ketones (excluding diaryl/α,β-unsaturated/α-hetero) is 1. The summed E-state index contributed by atoms with van der Waals surface area (Å²) >= 11 is 0. The van der Waals surface area contributed by atoms with Crippen molar-refractivity contribution in [1.29, 1.82) is 0 Å². The Morgan fingerprint density at radius 1 is 1.00 bits per heavy atom. The highest BCUT2D eigenvalue weighted by Gasteiger charge is 2.35. The predicted octanol–water partition coefficient (Wildman–Crippen LogP) is 5.65. The second-order valence-corrected chi connectivity index (χ2v) is 7.99. The number of nitrogens with zero attached hydrogens (tertiary/aromatic N) is 2. The molecule has 0 fully saturated rings. The van der Waals surface area contributed by atoms with Crippen LogP contribution < -0.4 is 0 Å². The molecule has 4 nitrogen and oxygen atoms in total. The lowest BCUT2D eigenvalue weighted by Gasteiger charge is -2.31. The maximum absolute atomic E-state index is 12.2. The molecular weight excluding hydrogens is 336 g/mol. The fourth-order valence-electron chi connectivity index (χ4n) is 3.46. The van der Waals surface area contributed by atoms with Crippen LogP contribution in [0.5, 0.6) is 0 Å². The second-order valence-electron chi connectivity index (χ2n) is 7.99. The van der Waals surface area contributed by atoms with E-state index in [2.05, 4.69) is 24.1 Å². The van der Waals surface area contributed by atoms with Crippen LogP contribution in [0.4, 0.5) is 0 Å². The van der Waals surface area contributed by atoms with Crippen molar-refractivity contribution in [1.82, 2.24) is 4.90 Å². The number of carbonyl (C=O) groups excluding carboxylic acids is 1. The molecule has 4 heteroatoms. The average molecular weight is 379 g/mol. The van der Waals surface area contributed by atoms with E-state index in [1.807, 2.05) is 0 Å². The first-order valence-electron chi connectivity index (χ1n) is 11.3. The quantitative estimate of drug-likeness (QED) is 0.263. The zero-order chi connectivity index (χ0) is 19.8. The summed E-state index contributed by atoms with van der Waals surface area (Å²) in [6.45, 7) is 5.14. The molecular formula is C23H42N2O2. The molecule has 0 amide bonds. The van der Waals surface area contributed by atoms with Crippen LogP contribution in [-0.4, -0.2) is 40.9 Å². The molecule has 1 heterocycles. The summed E-state index contributed by atoms with van der Waals surface area (Å²) in [5.41, 5.74) is -1.39. The molecule has 27 heavy (non-hydrogen) atoms. The van der Waals surface area contributed by atoms with E-state index in [0.29, 0.717) is 19.5 Å². The van der Waals surface area contributed by atoms with Gasteiger partial charge in [0.05, 0.1) is 12.9 Å². The summed E-state index contributed by atoms with van der Waals surface area (Å²) in [4.78, 5) is 17.9. The van der Waals surface area contributed by atoms with E-state index in [9.17, 15) is 9.90 Å². The molecule has 0 aromatic heterocycles. The highest BCUT2D eigenvalue weighted by atomic mass is 16.3. The van der Waals surface area contributed by atoms with E-state index in [-0.39, 0.29) is 5.78 Å². The van der Waals surface area contributed by atoms with Gasteiger partial charge in [-0.3, -0.25) is 9.79 Å². The van der Waals surface area contributed by atoms with Gasteiger partial charge in [-0.05, 0) is 39.0 Å². The lowest BCUT2D eigenvalue weighted by Crippen LogP contribution is -2.51. The average Bonchev–Trinajstić information content (AvgIpc) is 3.20. The van der Waals surface area contributed by atoms with Crippen molar-refractivity contribution in [2.45, 2.75) is 109 Å². The topological polar surface area (TPSA) is 52.9 Å². The number of unbranched alkanes of at least 4 members (excludes halogenated alkanes) is 11. The minimum Gasteiger partial charge on any atom is -0.365 e. The lowest BCUT2D eigenvalue weighted by atomic mass is 10.0. The van der Waals surface area contributed by atoms with Gasteiger partial charge in [0, 0.05) is 13.0 Å². The van der Waals surface area contributed by atoms with Gasteiger partial charge in [0.1, 0.15) is 0 Å². The van der Waals surface area contributed by atoms with Crippen molar-refractivity contribution in [2.75, 3.05) is 13.1 Å². The fourth-order valence-corrected chi connectivity index (χ4v) is 3.46. The number of aliphatic imine (C=N–C) groups is 1. The normalized spacial score (nSPS) is 16.3. The first-order valence-corrected chi connectivity index (χ1v) is 11.3. The molecule has 156 valence electrons. The molecule has 0 radical (unpaired) electrons. The lowest BCUT2D eigenvalue weighted by molar-refractivity contribution is -0.148. The minimum atomic E-state index is -1.39. The third-order valence-electron chi connectivity index (χ3n) is 5.44. The smallest absolute Gasteiger partial charge is 0.196 e. The second kappa shape index (κ2) is 14.8. The maximum atomic E-state index is 12.2. The Balaban J connectivity index is 1.90. The van der Waals surface area contributed by atoms with E-state index < -0.39 is 5.72 Å². The zero-order valence-corrected chi connectivity index (χ0v) is 17.8. The number of carbonyl (C=O) groups is 1. The highest BCUT2D eigenvalue weighted by molar-refractivity contribution is 5.88. The largest absolute Gasteiger partial charge is 0.365 e. The Bertz CT molecular complexity index is 444. The van der Waals surface area contributed by atoms with Crippen molar-refractivity contribution in [3.8, 4) is 0 Å². The summed E-state index contributed by atoms with van der Waals surface area (Å²) < 4.78 is 0. The van der Waals surface area contributed by atoms with Gasteiger partial charge in [-0.1, -0.05) is 70.4 Å². The van der Waals surface area contributed by atoms with Crippen LogP contribution in [-0.2, 0) is 4.79 Å². The molecule has 1 atom stereocenters. The van der Waals surface area contributed by atoms with Crippen LogP contribution in [0.1, 0.15) is 104 Å². The molecule has 1 N–H and O–H groups in total. The number of allylic oxidation sites excluding steroid dienone is 2. The van der Waals surface area contributed by atoms with Gasteiger partial charge in [0.2, 0.25) is 0 Å². The Morgan fingerprint density at radius 2 is 1.56 bits per heavy atom. The highest BCUT2D eigenvalue weighted by Crippen LogP contribution is 2.18. The third-order valence-corrected chi connectivity index (χ3v) is 5.44. The van der Waals surface area contributed by atoms with Gasteiger partial charge in [-0.2, -0.15) is 0 Å². The molecule has 0 aliphatic carbocycles. The van der Waals surface area contributed by atoms with Gasteiger partial charge in [-0.25, -0.2) is 0 Å². The molecule has 0 saturated heterocycles. The first-order chi connectivity index (χ1) is 13.1. The van der Waals surface area contributed by atoms with Crippen LogP contribution in [0.25, 0.3) is 0 Å². The molecule has 1 rings (SSSR count). The summed E-state index contributed by atoms with van der Waals surface area (Å²) in [5.74, 6) is -0.0894. The first kappa shape index (κ1) is 23.9. The number of hydrogen-bond acceptors (Lipinski definition) is 4. The maximum Gasteiger partial charge on any atom is 0.196 e. The van der Waals surface area contributed by atoms with Crippen LogP contribution in [0.15, 0.2) is 17.1 Å². The van der Waals surface area contributed by atoms with Crippen LogP contribution in [0.2, 0.25) is 0 Å². The predicted molar refractivity (Wildman–Crippen MR) is 115 cm³/mol. The summed E-state index contributed by atoms with van der Waals surface area (Å²) in [7, 11) is 0. The van der Waals surface area contributed by atoms with E-state index in [0.717, 1.165) is 12.8 Å². The van der Waals surface area contributed by atoms with Gasteiger partial charge in [-0.15, -0.1) is 0 Å². The van der Waals surface area contributed by atoms with Gasteiger partial charge >= 0.3 is 0 Å². The van der Waals surface area contributed by atoms with Crippen LogP contribution >= 0.6 is 0 Å². The van der Waals surface area contributed by atoms with Gasteiger partial charge in [0.25, 0.3) is 0 Å². The van der Waals surface area contributed by atoms with Crippen molar-refractivity contribution < 1.29 is 9.90 Å². The third kappa shape index (κ3) is 10.7. The molecule has 1 aliphatic rings. The molecule has 0 aromatic carbocycles. The van der Waals surface area contributed by atoms with Gasteiger partial charge < -0.3 is 10.0 Å². The zero-order valence-electron chi connectivity index (χ0n) is 17.8. The van der Waals surface area contributed by atoms with Crippen LogP contribution in [0, 0.1) is 0 Å². The Morgan fingerprint density at radius 3 is 2.11 bits per heavy atom. The standard InChI is InChI=1S/C23H42N2O2/c1-3-4-5-6-7-8-9-10-11-12-13-14-15-16-17-18-22(26)23(2,27)25-20-19-24-21-25/h10-11,21,27H,3-9,12-20H2,1-2H3. The Hall–Kier alpha value is -1.16. The molecule has 0 spiro atoms. The number of hydrogen-bond donors (Lipinski definition) is 1.